The van der Waals surface area contributed by atoms with Gasteiger partial charge in [0, 0.05) is 6.42 Å². The summed E-state index contributed by atoms with van der Waals surface area (Å²) >= 11 is 7.30. The first-order chi connectivity index (χ1) is 7.65. The molecule has 16 heavy (non-hydrogen) atoms. The van der Waals surface area contributed by atoms with Crippen LogP contribution in [0.5, 0.6) is 0 Å². The van der Waals surface area contributed by atoms with Gasteiger partial charge in [-0.3, -0.25) is 0 Å². The fourth-order valence-corrected chi connectivity index (χ4v) is 3.36. The van der Waals surface area contributed by atoms with Gasteiger partial charge in [0.2, 0.25) is 0 Å². The highest BCUT2D eigenvalue weighted by atomic mass is 35.5. The normalized spacial score (nSPS) is 24.3. The van der Waals surface area contributed by atoms with Gasteiger partial charge >= 0.3 is 0 Å². The Kier molecular flexibility index (Phi) is 3.41. The molecule has 2 rings (SSSR count). The number of nitrogens with zero attached hydrogens (tertiary/aromatic N) is 1. The second kappa shape index (κ2) is 4.65. The van der Waals surface area contributed by atoms with Gasteiger partial charge in [0.1, 0.15) is 10.6 Å². The first-order valence-electron chi connectivity index (χ1n) is 5.14. The Balaban J connectivity index is 2.20. The zero-order valence-electron chi connectivity index (χ0n) is 8.67. The molecular weight excluding hydrogens is 245 g/mol. The largest absolute Gasteiger partial charge is 0.205 e. The predicted octanol–water partition coefficient (Wildman–Crippen LogP) is 3.81. The summed E-state index contributed by atoms with van der Waals surface area (Å²) in [5, 5.41) is 9.34. The molecule has 0 aliphatic carbocycles. The molecule has 0 amide bonds. The molecular formula is C12H11ClFNS. The topological polar surface area (TPSA) is 23.8 Å². The number of thioether (sulfide) groups is 1. The van der Waals surface area contributed by atoms with Crippen molar-refractivity contribution in [2.45, 2.75) is 24.0 Å². The second-order valence-electron chi connectivity index (χ2n) is 3.98. The zero-order chi connectivity index (χ0) is 11.6. The molecule has 1 atom stereocenters. The SMILES string of the molecule is N#CC1(Cc2ccc(Cl)c(F)c2)CCCS1. The average Bonchev–Trinajstić information content (AvgIpc) is 2.73. The summed E-state index contributed by atoms with van der Waals surface area (Å²) in [4.78, 5) is 0. The summed E-state index contributed by atoms with van der Waals surface area (Å²) in [5.41, 5.74) is 0.845. The summed E-state index contributed by atoms with van der Waals surface area (Å²) in [6.45, 7) is 0. The molecule has 1 aromatic rings. The first-order valence-corrected chi connectivity index (χ1v) is 6.51. The van der Waals surface area contributed by atoms with Crippen LogP contribution in [0.2, 0.25) is 5.02 Å². The lowest BCUT2D eigenvalue weighted by atomic mass is 9.96. The fourth-order valence-electron chi connectivity index (χ4n) is 1.94. The Labute approximate surface area is 104 Å². The lowest BCUT2D eigenvalue weighted by molar-refractivity contribution is 0.620. The van der Waals surface area contributed by atoms with Gasteiger partial charge in [-0.2, -0.15) is 5.26 Å². The Morgan fingerprint density at radius 1 is 1.56 bits per heavy atom. The highest BCUT2D eigenvalue weighted by Crippen LogP contribution is 2.40. The van der Waals surface area contributed by atoms with Crippen molar-refractivity contribution in [1.82, 2.24) is 0 Å². The second-order valence-corrected chi connectivity index (χ2v) is 5.87. The standard InChI is InChI=1S/C12H11ClFNS/c13-10-3-2-9(6-11(10)14)7-12(8-15)4-1-5-16-12/h2-3,6H,1,4-5,7H2. The number of hydrogen-bond donors (Lipinski definition) is 0. The Morgan fingerprint density at radius 2 is 2.38 bits per heavy atom. The van der Waals surface area contributed by atoms with E-state index in [1.54, 1.807) is 23.9 Å². The Morgan fingerprint density at radius 3 is 2.94 bits per heavy atom. The number of hydrogen-bond acceptors (Lipinski definition) is 2. The van der Waals surface area contributed by atoms with Gasteiger partial charge in [-0.25, -0.2) is 4.39 Å². The molecule has 0 radical (unpaired) electrons. The van der Waals surface area contributed by atoms with E-state index in [2.05, 4.69) is 6.07 Å². The van der Waals surface area contributed by atoms with Gasteiger partial charge in [-0.05, 0) is 36.3 Å². The van der Waals surface area contributed by atoms with Gasteiger partial charge in [-0.15, -0.1) is 11.8 Å². The summed E-state index contributed by atoms with van der Waals surface area (Å²) in [5.74, 6) is 0.610. The van der Waals surface area contributed by atoms with Crippen molar-refractivity contribution in [3.05, 3.63) is 34.6 Å². The van der Waals surface area contributed by atoms with Crippen LogP contribution in [0.4, 0.5) is 4.39 Å². The van der Waals surface area contributed by atoms with Gasteiger partial charge in [0.05, 0.1) is 11.1 Å². The van der Waals surface area contributed by atoms with Crippen molar-refractivity contribution in [2.24, 2.45) is 0 Å². The van der Waals surface area contributed by atoms with E-state index >= 15 is 0 Å². The van der Waals surface area contributed by atoms with Crippen molar-refractivity contribution in [2.75, 3.05) is 5.75 Å². The number of benzene rings is 1. The van der Waals surface area contributed by atoms with E-state index < -0.39 is 5.82 Å². The van der Waals surface area contributed by atoms with Crippen molar-refractivity contribution in [3.8, 4) is 6.07 Å². The average molecular weight is 256 g/mol. The van der Waals surface area contributed by atoms with Crippen molar-refractivity contribution < 1.29 is 4.39 Å². The molecule has 1 aromatic carbocycles. The number of halogens is 2. The van der Waals surface area contributed by atoms with Gasteiger partial charge < -0.3 is 0 Å². The van der Waals surface area contributed by atoms with E-state index in [9.17, 15) is 9.65 Å². The molecule has 1 fully saturated rings. The summed E-state index contributed by atoms with van der Waals surface area (Å²) in [6, 6.07) is 7.15. The molecule has 84 valence electrons. The van der Waals surface area contributed by atoms with Crippen molar-refractivity contribution in [3.63, 3.8) is 0 Å². The van der Waals surface area contributed by atoms with E-state index in [1.807, 2.05) is 0 Å². The third-order valence-corrected chi connectivity index (χ3v) is 4.57. The smallest absolute Gasteiger partial charge is 0.142 e. The molecule has 0 aromatic heterocycles. The molecule has 1 heterocycles. The molecule has 0 spiro atoms. The van der Waals surface area contributed by atoms with Crippen LogP contribution in [0, 0.1) is 17.1 Å². The molecule has 0 bridgehead atoms. The maximum absolute atomic E-state index is 13.3. The van der Waals surface area contributed by atoms with Gasteiger partial charge in [0.15, 0.2) is 0 Å². The van der Waals surface area contributed by atoms with Crippen molar-refractivity contribution >= 4 is 23.4 Å². The molecule has 0 saturated carbocycles. The maximum Gasteiger partial charge on any atom is 0.142 e. The summed E-state index contributed by atoms with van der Waals surface area (Å²) in [6.07, 6.45) is 2.55. The van der Waals surface area contributed by atoms with Crippen LogP contribution in [0.1, 0.15) is 18.4 Å². The number of rotatable bonds is 2. The lowest BCUT2D eigenvalue weighted by Crippen LogP contribution is -2.21. The van der Waals surface area contributed by atoms with E-state index in [0.29, 0.717) is 6.42 Å². The van der Waals surface area contributed by atoms with Crippen LogP contribution in [-0.4, -0.2) is 10.5 Å². The van der Waals surface area contributed by atoms with E-state index in [4.69, 9.17) is 11.6 Å². The Bertz CT molecular complexity index is 435. The van der Waals surface area contributed by atoms with Crippen LogP contribution in [-0.2, 0) is 6.42 Å². The first kappa shape index (κ1) is 11.8. The van der Waals surface area contributed by atoms with Crippen LogP contribution in [0.3, 0.4) is 0 Å². The number of nitriles is 1. The highest BCUT2D eigenvalue weighted by molar-refractivity contribution is 8.01. The monoisotopic (exact) mass is 255 g/mol. The zero-order valence-corrected chi connectivity index (χ0v) is 10.2. The summed E-state index contributed by atoms with van der Waals surface area (Å²) in [7, 11) is 0. The third-order valence-electron chi connectivity index (χ3n) is 2.78. The molecule has 1 saturated heterocycles. The van der Waals surface area contributed by atoms with Crippen molar-refractivity contribution in [1.29, 1.82) is 5.26 Å². The molecule has 1 aliphatic heterocycles. The molecule has 1 aliphatic rings. The minimum absolute atomic E-state index is 0.133. The third kappa shape index (κ3) is 2.34. The van der Waals surface area contributed by atoms with Gasteiger partial charge in [0.25, 0.3) is 0 Å². The quantitative estimate of drug-likeness (QED) is 0.802. The maximum atomic E-state index is 13.3. The fraction of sp³-hybridized carbons (Fsp3) is 0.417. The molecule has 1 nitrogen and oxygen atoms in total. The highest BCUT2D eigenvalue weighted by Gasteiger charge is 2.34. The van der Waals surface area contributed by atoms with E-state index in [1.165, 1.54) is 6.07 Å². The Hall–Kier alpha value is -0.720. The molecule has 4 heteroatoms. The van der Waals surface area contributed by atoms with E-state index in [0.717, 1.165) is 24.2 Å². The van der Waals surface area contributed by atoms with Crippen LogP contribution >= 0.6 is 23.4 Å². The minimum atomic E-state index is -0.407. The van der Waals surface area contributed by atoms with Crippen LogP contribution in [0.15, 0.2) is 18.2 Å². The van der Waals surface area contributed by atoms with Gasteiger partial charge in [-0.1, -0.05) is 17.7 Å². The van der Waals surface area contributed by atoms with Crippen LogP contribution < -0.4 is 0 Å². The lowest BCUT2D eigenvalue weighted by Gasteiger charge is -2.19. The van der Waals surface area contributed by atoms with Crippen LogP contribution in [0.25, 0.3) is 0 Å². The van der Waals surface area contributed by atoms with E-state index in [-0.39, 0.29) is 9.77 Å². The summed E-state index contributed by atoms with van der Waals surface area (Å²) < 4.78 is 12.9. The minimum Gasteiger partial charge on any atom is -0.205 e. The molecule has 1 unspecified atom stereocenters. The predicted molar refractivity (Wildman–Crippen MR) is 65.2 cm³/mol. The molecule has 0 N–H and O–H groups in total.